The molecule has 0 spiro atoms. The molecule has 1 N–H and O–H groups in total. The molecule has 0 aliphatic rings. The zero-order chi connectivity index (χ0) is 13.1. The number of anilines is 2. The second kappa shape index (κ2) is 5.08. The average molecular weight is 241 g/mol. The Balaban J connectivity index is 2.36. The molecule has 0 bridgehead atoms. The van der Waals surface area contributed by atoms with Crippen LogP contribution in [-0.2, 0) is 0 Å². The van der Waals surface area contributed by atoms with Crippen molar-refractivity contribution in [2.24, 2.45) is 0 Å². The van der Waals surface area contributed by atoms with Crippen LogP contribution in [0.3, 0.4) is 0 Å². The maximum Gasteiger partial charge on any atom is 0.130 e. The summed E-state index contributed by atoms with van der Waals surface area (Å²) in [6, 6.07) is 10.5. The highest BCUT2D eigenvalue weighted by Crippen LogP contribution is 2.24. The summed E-state index contributed by atoms with van der Waals surface area (Å²) in [7, 11) is 5.94. The zero-order valence-electron chi connectivity index (χ0n) is 11.4. The Morgan fingerprint density at radius 1 is 1.06 bits per heavy atom. The highest BCUT2D eigenvalue weighted by Gasteiger charge is 2.05. The molecule has 1 aromatic carbocycles. The van der Waals surface area contributed by atoms with Gasteiger partial charge in [-0.15, -0.1) is 0 Å². The van der Waals surface area contributed by atoms with Gasteiger partial charge in [-0.3, -0.25) is 0 Å². The molecule has 18 heavy (non-hydrogen) atoms. The first-order chi connectivity index (χ1) is 8.61. The molecule has 0 atom stereocenters. The van der Waals surface area contributed by atoms with Gasteiger partial charge in [0.1, 0.15) is 5.82 Å². The number of pyridine rings is 1. The van der Waals surface area contributed by atoms with Crippen LogP contribution in [0, 0.1) is 6.92 Å². The molecular weight excluding hydrogens is 222 g/mol. The number of benzene rings is 1. The van der Waals surface area contributed by atoms with E-state index in [1.807, 2.05) is 32.2 Å². The third-order valence-electron chi connectivity index (χ3n) is 2.98. The maximum absolute atomic E-state index is 4.51. The Labute approximate surface area is 108 Å². The SMILES string of the molecule is CNc1ccc(-c2cnc(N(C)C)c(C)c2)cc1. The molecular formula is C15H19N3. The Morgan fingerprint density at radius 2 is 1.72 bits per heavy atom. The summed E-state index contributed by atoms with van der Waals surface area (Å²) in [5, 5.41) is 3.12. The first-order valence-corrected chi connectivity index (χ1v) is 6.04. The zero-order valence-corrected chi connectivity index (χ0v) is 11.4. The summed E-state index contributed by atoms with van der Waals surface area (Å²) in [5.74, 6) is 1.02. The molecule has 0 aliphatic heterocycles. The molecule has 2 rings (SSSR count). The van der Waals surface area contributed by atoms with Crippen LogP contribution in [0.2, 0.25) is 0 Å². The number of aromatic nitrogens is 1. The molecule has 1 aromatic heterocycles. The van der Waals surface area contributed by atoms with E-state index < -0.39 is 0 Å². The number of nitrogens with one attached hydrogen (secondary N) is 1. The minimum absolute atomic E-state index is 1.02. The Morgan fingerprint density at radius 3 is 2.22 bits per heavy atom. The fourth-order valence-electron chi connectivity index (χ4n) is 2.02. The number of aryl methyl sites for hydroxylation is 1. The molecule has 0 unspecified atom stereocenters. The van der Waals surface area contributed by atoms with E-state index in [2.05, 4.69) is 47.6 Å². The molecule has 0 fully saturated rings. The summed E-state index contributed by atoms with van der Waals surface area (Å²) < 4.78 is 0. The van der Waals surface area contributed by atoms with Gasteiger partial charge in [0.05, 0.1) is 0 Å². The summed E-state index contributed by atoms with van der Waals surface area (Å²) in [6.07, 6.45) is 1.93. The van der Waals surface area contributed by atoms with Gasteiger partial charge in [-0.2, -0.15) is 0 Å². The summed E-state index contributed by atoms with van der Waals surface area (Å²) in [4.78, 5) is 6.54. The fourth-order valence-corrected chi connectivity index (χ4v) is 2.02. The van der Waals surface area contributed by atoms with Crippen molar-refractivity contribution in [3.63, 3.8) is 0 Å². The van der Waals surface area contributed by atoms with Crippen molar-refractivity contribution in [1.82, 2.24) is 4.98 Å². The van der Waals surface area contributed by atoms with Crippen LogP contribution in [0.15, 0.2) is 36.5 Å². The molecule has 1 heterocycles. The van der Waals surface area contributed by atoms with Crippen LogP contribution in [0.4, 0.5) is 11.5 Å². The number of rotatable bonds is 3. The summed E-state index contributed by atoms with van der Waals surface area (Å²) in [5.41, 5.74) is 4.65. The van der Waals surface area contributed by atoms with Crippen LogP contribution < -0.4 is 10.2 Å². The van der Waals surface area contributed by atoms with Crippen molar-refractivity contribution in [1.29, 1.82) is 0 Å². The van der Waals surface area contributed by atoms with Gasteiger partial charge < -0.3 is 10.2 Å². The van der Waals surface area contributed by atoms with Gasteiger partial charge in [0, 0.05) is 38.6 Å². The van der Waals surface area contributed by atoms with Crippen LogP contribution in [0.1, 0.15) is 5.56 Å². The van der Waals surface area contributed by atoms with Crippen molar-refractivity contribution < 1.29 is 0 Å². The lowest BCUT2D eigenvalue weighted by molar-refractivity contribution is 1.05. The van der Waals surface area contributed by atoms with Gasteiger partial charge in [-0.25, -0.2) is 4.98 Å². The van der Waals surface area contributed by atoms with Crippen molar-refractivity contribution in [2.75, 3.05) is 31.4 Å². The lowest BCUT2D eigenvalue weighted by atomic mass is 10.1. The lowest BCUT2D eigenvalue weighted by Gasteiger charge is -2.15. The Kier molecular flexibility index (Phi) is 3.51. The topological polar surface area (TPSA) is 28.2 Å². The number of hydrogen-bond acceptors (Lipinski definition) is 3. The van der Waals surface area contributed by atoms with E-state index in [0.29, 0.717) is 0 Å². The molecule has 2 aromatic rings. The highest BCUT2D eigenvalue weighted by molar-refractivity contribution is 5.67. The smallest absolute Gasteiger partial charge is 0.130 e. The minimum Gasteiger partial charge on any atom is -0.388 e. The van der Waals surface area contributed by atoms with E-state index in [4.69, 9.17) is 0 Å². The van der Waals surface area contributed by atoms with Crippen LogP contribution >= 0.6 is 0 Å². The van der Waals surface area contributed by atoms with Gasteiger partial charge in [0.15, 0.2) is 0 Å². The summed E-state index contributed by atoms with van der Waals surface area (Å²) >= 11 is 0. The normalized spacial score (nSPS) is 10.2. The molecule has 0 saturated carbocycles. The third kappa shape index (κ3) is 2.45. The Hall–Kier alpha value is -2.03. The number of hydrogen-bond donors (Lipinski definition) is 1. The van der Waals surface area contributed by atoms with Gasteiger partial charge in [-0.05, 0) is 36.2 Å². The first kappa shape index (κ1) is 12.4. The average Bonchev–Trinajstić information content (AvgIpc) is 2.38. The minimum atomic E-state index is 1.02. The molecule has 3 heteroatoms. The molecule has 94 valence electrons. The highest BCUT2D eigenvalue weighted by atomic mass is 15.1. The van der Waals surface area contributed by atoms with Gasteiger partial charge in [0.2, 0.25) is 0 Å². The van der Waals surface area contributed by atoms with Crippen molar-refractivity contribution >= 4 is 11.5 Å². The third-order valence-corrected chi connectivity index (χ3v) is 2.98. The fraction of sp³-hybridized carbons (Fsp3) is 0.267. The van der Waals surface area contributed by atoms with Crippen molar-refractivity contribution in [3.05, 3.63) is 42.1 Å². The van der Waals surface area contributed by atoms with Crippen LogP contribution in [0.5, 0.6) is 0 Å². The number of nitrogens with zero attached hydrogens (tertiary/aromatic N) is 2. The molecule has 0 aliphatic carbocycles. The second-order valence-corrected chi connectivity index (χ2v) is 4.59. The molecule has 0 amide bonds. The van der Waals surface area contributed by atoms with Gasteiger partial charge in [-0.1, -0.05) is 12.1 Å². The lowest BCUT2D eigenvalue weighted by Crippen LogP contribution is -2.12. The molecule has 0 radical (unpaired) electrons. The largest absolute Gasteiger partial charge is 0.388 e. The predicted octanol–water partition coefficient (Wildman–Crippen LogP) is 3.16. The monoisotopic (exact) mass is 241 g/mol. The molecule has 0 saturated heterocycles. The van der Waals surface area contributed by atoms with E-state index >= 15 is 0 Å². The molecule has 3 nitrogen and oxygen atoms in total. The van der Waals surface area contributed by atoms with Gasteiger partial charge >= 0.3 is 0 Å². The van der Waals surface area contributed by atoms with E-state index in [1.54, 1.807) is 0 Å². The van der Waals surface area contributed by atoms with E-state index in [1.165, 1.54) is 11.1 Å². The maximum atomic E-state index is 4.51. The summed E-state index contributed by atoms with van der Waals surface area (Å²) in [6.45, 7) is 2.09. The van der Waals surface area contributed by atoms with Crippen molar-refractivity contribution in [3.8, 4) is 11.1 Å². The standard InChI is InChI=1S/C15H19N3/c1-11-9-13(10-17-15(11)18(3)4)12-5-7-14(16-2)8-6-12/h5-10,16H,1-4H3. The van der Waals surface area contributed by atoms with Crippen LogP contribution in [0.25, 0.3) is 11.1 Å². The van der Waals surface area contributed by atoms with E-state index in [9.17, 15) is 0 Å². The van der Waals surface area contributed by atoms with E-state index in [0.717, 1.165) is 17.1 Å². The second-order valence-electron chi connectivity index (χ2n) is 4.59. The van der Waals surface area contributed by atoms with Crippen LogP contribution in [-0.4, -0.2) is 26.1 Å². The van der Waals surface area contributed by atoms with Crippen molar-refractivity contribution in [2.45, 2.75) is 6.92 Å². The van der Waals surface area contributed by atoms with Gasteiger partial charge in [0.25, 0.3) is 0 Å². The first-order valence-electron chi connectivity index (χ1n) is 6.04. The van der Waals surface area contributed by atoms with E-state index in [-0.39, 0.29) is 0 Å². The quantitative estimate of drug-likeness (QED) is 0.894. The Bertz CT molecular complexity index is 530. The predicted molar refractivity (Wildman–Crippen MR) is 78.3 cm³/mol.